The number of imidazole rings is 1. The van der Waals surface area contributed by atoms with Crippen LogP contribution < -0.4 is 5.32 Å². The van der Waals surface area contributed by atoms with E-state index in [1.54, 1.807) is 19.2 Å². The second-order valence-electron chi connectivity index (χ2n) is 6.42. The summed E-state index contributed by atoms with van der Waals surface area (Å²) < 4.78 is 30.6. The van der Waals surface area contributed by atoms with Crippen molar-refractivity contribution in [3.8, 4) is 0 Å². The summed E-state index contributed by atoms with van der Waals surface area (Å²) >= 11 is 13.4. The fraction of sp³-hybridized carbons (Fsp3) is 0.263. The van der Waals surface area contributed by atoms with Crippen LogP contribution in [-0.4, -0.2) is 49.6 Å². The molecule has 0 spiro atoms. The molecule has 0 aliphatic carbocycles. The number of rotatable bonds is 8. The van der Waals surface area contributed by atoms with Crippen molar-refractivity contribution in [1.29, 1.82) is 0 Å². The van der Waals surface area contributed by atoms with Crippen LogP contribution in [0.5, 0.6) is 0 Å². The Hall–Kier alpha value is -1.78. The van der Waals surface area contributed by atoms with Crippen LogP contribution in [0.2, 0.25) is 10.0 Å². The van der Waals surface area contributed by atoms with E-state index in [1.165, 1.54) is 30.0 Å². The predicted molar refractivity (Wildman–Crippen MR) is 121 cm³/mol. The number of anilines is 1. The van der Waals surface area contributed by atoms with Crippen LogP contribution in [0.3, 0.4) is 0 Å². The Morgan fingerprint density at radius 2 is 2.00 bits per heavy atom. The number of carbonyl (C=O) groups is 1. The number of hydrogen-bond acceptors (Lipinski definition) is 6. The lowest BCUT2D eigenvalue weighted by molar-refractivity contribution is -0.113. The minimum Gasteiger partial charge on any atom is -0.383 e. The van der Waals surface area contributed by atoms with Crippen LogP contribution in [-0.2, 0) is 25.9 Å². The maximum Gasteiger partial charge on any atom is 0.234 e. The van der Waals surface area contributed by atoms with E-state index in [0.717, 1.165) is 17.3 Å². The molecular weight excluding hydrogens is 469 g/mol. The first-order valence-corrected chi connectivity index (χ1v) is 12.4. The van der Waals surface area contributed by atoms with Gasteiger partial charge in [-0.2, -0.15) is 0 Å². The number of methoxy groups -OCH3 is 1. The molecule has 1 amide bonds. The van der Waals surface area contributed by atoms with Crippen molar-refractivity contribution >= 4 is 67.4 Å². The van der Waals surface area contributed by atoms with Gasteiger partial charge in [-0.05, 0) is 36.4 Å². The summed E-state index contributed by atoms with van der Waals surface area (Å²) in [6.45, 7) is 1.06. The predicted octanol–water partition coefficient (Wildman–Crippen LogP) is 4.12. The highest BCUT2D eigenvalue weighted by atomic mass is 35.5. The average Bonchev–Trinajstić information content (AvgIpc) is 3.02. The quantitative estimate of drug-likeness (QED) is 0.480. The molecule has 0 bridgehead atoms. The molecule has 0 aliphatic rings. The second-order valence-corrected chi connectivity index (χ2v) is 10.2. The van der Waals surface area contributed by atoms with Crippen molar-refractivity contribution in [1.82, 2.24) is 9.55 Å². The van der Waals surface area contributed by atoms with Gasteiger partial charge in [-0.1, -0.05) is 35.0 Å². The molecule has 0 aliphatic heterocycles. The number of benzene rings is 2. The van der Waals surface area contributed by atoms with E-state index >= 15 is 0 Å². The summed E-state index contributed by atoms with van der Waals surface area (Å²) in [5, 5.41) is 4.14. The largest absolute Gasteiger partial charge is 0.383 e. The fourth-order valence-corrected chi connectivity index (χ4v) is 4.56. The highest BCUT2D eigenvalue weighted by Gasteiger charge is 2.15. The number of hydrogen-bond donors (Lipinski definition) is 1. The van der Waals surface area contributed by atoms with Crippen molar-refractivity contribution in [2.24, 2.45) is 0 Å². The Balaban J connectivity index is 1.77. The molecule has 0 unspecified atom stereocenters. The number of carbonyl (C=O) groups excluding carboxylic acids is 1. The van der Waals surface area contributed by atoms with Crippen LogP contribution in [0.15, 0.2) is 46.5 Å². The lowest BCUT2D eigenvalue weighted by atomic mass is 10.3. The van der Waals surface area contributed by atoms with E-state index in [9.17, 15) is 13.2 Å². The monoisotopic (exact) mass is 487 g/mol. The molecule has 30 heavy (non-hydrogen) atoms. The number of fused-ring (bicyclic) bond motifs is 1. The number of thioether (sulfide) groups is 1. The SMILES string of the molecule is COCCn1c(SCC(=O)Nc2cc(S(C)(=O)=O)ccc2Cl)nc2cc(Cl)ccc21. The highest BCUT2D eigenvalue weighted by Crippen LogP contribution is 2.28. The van der Waals surface area contributed by atoms with Crippen LogP contribution >= 0.6 is 35.0 Å². The van der Waals surface area contributed by atoms with Gasteiger partial charge < -0.3 is 14.6 Å². The molecule has 0 saturated heterocycles. The summed E-state index contributed by atoms with van der Waals surface area (Å²) in [6.07, 6.45) is 1.09. The zero-order valence-corrected chi connectivity index (χ0v) is 19.3. The van der Waals surface area contributed by atoms with Crippen LogP contribution in [0.1, 0.15) is 0 Å². The lowest BCUT2D eigenvalue weighted by Gasteiger charge is -2.10. The second kappa shape index (κ2) is 9.57. The molecule has 0 fully saturated rings. The van der Waals surface area contributed by atoms with Crippen molar-refractivity contribution in [3.63, 3.8) is 0 Å². The highest BCUT2D eigenvalue weighted by molar-refractivity contribution is 7.99. The van der Waals surface area contributed by atoms with Crippen molar-refractivity contribution in [2.75, 3.05) is 31.0 Å². The Kier molecular flexibility index (Phi) is 7.30. The maximum absolute atomic E-state index is 12.5. The Morgan fingerprint density at radius 1 is 1.23 bits per heavy atom. The maximum atomic E-state index is 12.5. The molecular formula is C19H19Cl2N3O4S2. The van der Waals surface area contributed by atoms with E-state index < -0.39 is 9.84 Å². The van der Waals surface area contributed by atoms with Gasteiger partial charge >= 0.3 is 0 Å². The first-order valence-electron chi connectivity index (χ1n) is 8.76. The topological polar surface area (TPSA) is 90.3 Å². The number of aromatic nitrogens is 2. The lowest BCUT2D eigenvalue weighted by Crippen LogP contribution is -2.15. The number of ether oxygens (including phenoxy) is 1. The number of nitrogens with zero attached hydrogens (tertiary/aromatic N) is 2. The van der Waals surface area contributed by atoms with Crippen LogP contribution in [0.4, 0.5) is 5.69 Å². The molecule has 1 aromatic heterocycles. The number of nitrogens with one attached hydrogen (secondary N) is 1. The zero-order chi connectivity index (χ0) is 21.9. The van der Waals surface area contributed by atoms with E-state index in [4.69, 9.17) is 27.9 Å². The summed E-state index contributed by atoms with van der Waals surface area (Å²) in [7, 11) is -1.80. The van der Waals surface area contributed by atoms with Crippen LogP contribution in [0.25, 0.3) is 11.0 Å². The fourth-order valence-electron chi connectivity index (χ4n) is 2.74. The van der Waals surface area contributed by atoms with Gasteiger partial charge in [-0.15, -0.1) is 0 Å². The van der Waals surface area contributed by atoms with Gasteiger partial charge in [-0.25, -0.2) is 13.4 Å². The van der Waals surface area contributed by atoms with Gasteiger partial charge in [0.05, 0.1) is 39.0 Å². The Bertz CT molecular complexity index is 1200. The molecule has 3 rings (SSSR count). The van der Waals surface area contributed by atoms with Gasteiger partial charge in [0, 0.05) is 24.9 Å². The number of sulfone groups is 1. The van der Waals surface area contributed by atoms with E-state index in [0.29, 0.717) is 23.3 Å². The Morgan fingerprint density at radius 3 is 2.70 bits per heavy atom. The minimum atomic E-state index is -3.42. The van der Waals surface area contributed by atoms with Crippen LogP contribution in [0, 0.1) is 0 Å². The molecule has 1 N–H and O–H groups in total. The third-order valence-electron chi connectivity index (χ3n) is 4.17. The van der Waals surface area contributed by atoms with Crippen molar-refractivity contribution in [2.45, 2.75) is 16.6 Å². The average molecular weight is 488 g/mol. The van der Waals surface area contributed by atoms with E-state index in [1.807, 2.05) is 10.6 Å². The van der Waals surface area contributed by atoms with E-state index in [-0.39, 0.29) is 27.3 Å². The molecule has 1 heterocycles. The van der Waals surface area contributed by atoms with Crippen molar-refractivity contribution < 1.29 is 17.9 Å². The molecule has 160 valence electrons. The van der Waals surface area contributed by atoms with Gasteiger partial charge in [0.2, 0.25) is 5.91 Å². The molecule has 3 aromatic rings. The third kappa shape index (κ3) is 5.47. The summed E-state index contributed by atoms with van der Waals surface area (Å²) in [5.74, 6) is -0.278. The number of halogens is 2. The minimum absolute atomic E-state index is 0.0590. The summed E-state index contributed by atoms with van der Waals surface area (Å²) in [4.78, 5) is 17.1. The van der Waals surface area contributed by atoms with Crippen molar-refractivity contribution in [3.05, 3.63) is 46.4 Å². The molecule has 0 saturated carbocycles. The smallest absolute Gasteiger partial charge is 0.234 e. The molecule has 0 radical (unpaired) electrons. The standard InChI is InChI=1S/C19H19Cl2N3O4S2/c1-28-8-7-24-17-6-3-12(20)9-16(17)23-19(24)29-11-18(25)22-15-10-13(30(2,26)27)4-5-14(15)21/h3-6,9-10H,7-8,11H2,1-2H3,(H,22,25). The van der Waals surface area contributed by atoms with Gasteiger partial charge in [0.15, 0.2) is 15.0 Å². The Labute approximate surface area is 188 Å². The molecule has 7 nitrogen and oxygen atoms in total. The molecule has 0 atom stereocenters. The number of amides is 1. The molecule has 2 aromatic carbocycles. The summed E-state index contributed by atoms with van der Waals surface area (Å²) in [5.41, 5.74) is 1.86. The van der Waals surface area contributed by atoms with Gasteiger partial charge in [0.1, 0.15) is 0 Å². The first-order chi connectivity index (χ1) is 14.2. The van der Waals surface area contributed by atoms with E-state index in [2.05, 4.69) is 10.3 Å². The summed E-state index contributed by atoms with van der Waals surface area (Å²) in [6, 6.07) is 9.60. The normalized spacial score (nSPS) is 11.7. The molecule has 11 heteroatoms. The van der Waals surface area contributed by atoms with Gasteiger partial charge in [0.25, 0.3) is 0 Å². The van der Waals surface area contributed by atoms with Gasteiger partial charge in [-0.3, -0.25) is 4.79 Å². The third-order valence-corrected chi connectivity index (χ3v) is 6.82. The first kappa shape index (κ1) is 22.9. The zero-order valence-electron chi connectivity index (χ0n) is 16.2.